The van der Waals surface area contributed by atoms with E-state index in [1.54, 1.807) is 12.1 Å². The van der Waals surface area contributed by atoms with Gasteiger partial charge in [-0.1, -0.05) is 23.7 Å². The lowest BCUT2D eigenvalue weighted by atomic mass is 9.73. The summed E-state index contributed by atoms with van der Waals surface area (Å²) in [4.78, 5) is 2.34. The van der Waals surface area contributed by atoms with Crippen LogP contribution in [0.5, 0.6) is 0 Å². The van der Waals surface area contributed by atoms with Crippen molar-refractivity contribution in [2.45, 2.75) is 44.2 Å². The number of hydrogen-bond donors (Lipinski definition) is 0. The Bertz CT molecular complexity index is 1050. The van der Waals surface area contributed by atoms with Gasteiger partial charge in [-0.15, -0.1) is 0 Å². The minimum atomic E-state index is -0.198. The van der Waals surface area contributed by atoms with E-state index in [0.717, 1.165) is 60.4 Å². The van der Waals surface area contributed by atoms with Crippen molar-refractivity contribution in [1.82, 2.24) is 14.7 Å². The number of fused-ring (bicyclic) bond motifs is 1. The number of hydrogen-bond acceptors (Lipinski definition) is 3. The molecule has 3 aromatic rings. The third-order valence-electron chi connectivity index (χ3n) is 6.88. The van der Waals surface area contributed by atoms with Gasteiger partial charge in [0.05, 0.1) is 18.7 Å². The van der Waals surface area contributed by atoms with Crippen LogP contribution in [0.15, 0.2) is 42.6 Å². The Kier molecular flexibility index (Phi) is 5.76. The van der Waals surface area contributed by atoms with Crippen LogP contribution in [0.3, 0.4) is 0 Å². The molecule has 0 unspecified atom stereocenters. The number of piperidine rings is 1. The number of aromatic nitrogens is 2. The molecule has 2 aromatic carbocycles. The van der Waals surface area contributed by atoms with Gasteiger partial charge in [-0.2, -0.15) is 5.10 Å². The minimum Gasteiger partial charge on any atom is -0.376 e. The normalized spacial score (nSPS) is 19.2. The number of benzene rings is 2. The molecule has 1 aliphatic heterocycles. The van der Waals surface area contributed by atoms with Gasteiger partial charge in [-0.3, -0.25) is 4.68 Å². The predicted molar refractivity (Wildman–Crippen MR) is 122 cm³/mol. The predicted octanol–water partition coefficient (Wildman–Crippen LogP) is 5.42. The molecular formula is C25H29ClFN3O. The van der Waals surface area contributed by atoms with Crippen LogP contribution in [-0.4, -0.2) is 41.4 Å². The molecule has 4 nitrogen and oxygen atoms in total. The van der Waals surface area contributed by atoms with Crippen LogP contribution in [0.1, 0.15) is 36.8 Å². The van der Waals surface area contributed by atoms with Gasteiger partial charge in [0.2, 0.25) is 0 Å². The molecule has 164 valence electrons. The molecular weight excluding hydrogens is 413 g/mol. The molecule has 2 aliphatic rings. The van der Waals surface area contributed by atoms with Gasteiger partial charge in [-0.05, 0) is 81.6 Å². The topological polar surface area (TPSA) is 30.3 Å². The Morgan fingerprint density at radius 1 is 1.16 bits per heavy atom. The molecule has 31 heavy (non-hydrogen) atoms. The van der Waals surface area contributed by atoms with Gasteiger partial charge >= 0.3 is 0 Å². The molecule has 1 aliphatic carbocycles. The van der Waals surface area contributed by atoms with Crippen molar-refractivity contribution in [2.24, 2.45) is 5.92 Å². The van der Waals surface area contributed by atoms with Gasteiger partial charge in [0.25, 0.3) is 0 Å². The number of rotatable bonds is 7. The molecule has 6 heteroatoms. The van der Waals surface area contributed by atoms with E-state index in [9.17, 15) is 4.39 Å². The summed E-state index contributed by atoms with van der Waals surface area (Å²) in [7, 11) is 2.15. The summed E-state index contributed by atoms with van der Waals surface area (Å²) < 4.78 is 21.9. The quantitative estimate of drug-likeness (QED) is 0.490. The maximum Gasteiger partial charge on any atom is 0.123 e. The maximum absolute atomic E-state index is 13.5. The third-order valence-corrected chi connectivity index (χ3v) is 7.10. The lowest BCUT2D eigenvalue weighted by molar-refractivity contribution is 0.0411. The van der Waals surface area contributed by atoms with E-state index in [-0.39, 0.29) is 11.2 Å². The molecule has 1 saturated heterocycles. The van der Waals surface area contributed by atoms with E-state index in [2.05, 4.69) is 22.8 Å². The zero-order valence-corrected chi connectivity index (χ0v) is 18.7. The molecule has 2 fully saturated rings. The average Bonchev–Trinajstić information content (AvgIpc) is 3.47. The number of nitrogens with zero attached hydrogens (tertiary/aromatic N) is 3. The van der Waals surface area contributed by atoms with Crippen LogP contribution in [0.2, 0.25) is 5.02 Å². The van der Waals surface area contributed by atoms with Gasteiger partial charge in [0, 0.05) is 34.1 Å². The average molecular weight is 442 g/mol. The first-order valence-electron chi connectivity index (χ1n) is 11.2. The fraction of sp³-hybridized carbons (Fsp3) is 0.480. The van der Waals surface area contributed by atoms with E-state index in [1.165, 1.54) is 12.8 Å². The summed E-state index contributed by atoms with van der Waals surface area (Å²) in [6, 6.07) is 10.9. The van der Waals surface area contributed by atoms with Crippen LogP contribution < -0.4 is 0 Å². The molecule has 1 saturated carbocycles. The molecule has 0 bridgehead atoms. The van der Waals surface area contributed by atoms with Crippen molar-refractivity contribution in [3.05, 3.63) is 64.6 Å². The van der Waals surface area contributed by atoms with Gasteiger partial charge in [0.1, 0.15) is 5.82 Å². The number of halogens is 2. The summed E-state index contributed by atoms with van der Waals surface area (Å²) in [5.41, 5.74) is 3.07. The molecule has 5 rings (SSSR count). The zero-order valence-electron chi connectivity index (χ0n) is 18.0. The summed E-state index contributed by atoms with van der Waals surface area (Å²) in [5, 5.41) is 6.61. The van der Waals surface area contributed by atoms with E-state index in [4.69, 9.17) is 21.4 Å². The first-order valence-corrected chi connectivity index (χ1v) is 11.6. The van der Waals surface area contributed by atoms with E-state index >= 15 is 0 Å². The standard InChI is InChI=1S/C25H29ClFN3O/c1-29-10-8-25(9-11-29,21-4-6-23(27)7-5-21)17-31-16-20-13-22(26)12-19-15-30(28-24(19)20)14-18-2-3-18/h4-7,12-13,15,18H,2-3,8-11,14,16-17H2,1H3. The molecule has 2 heterocycles. The van der Waals surface area contributed by atoms with Crippen molar-refractivity contribution >= 4 is 22.5 Å². The van der Waals surface area contributed by atoms with Crippen LogP contribution in [-0.2, 0) is 23.3 Å². The summed E-state index contributed by atoms with van der Waals surface area (Å²) in [5.74, 6) is 0.570. The highest BCUT2D eigenvalue weighted by Gasteiger charge is 2.36. The highest BCUT2D eigenvalue weighted by molar-refractivity contribution is 6.31. The lowest BCUT2D eigenvalue weighted by Gasteiger charge is -2.41. The molecule has 0 atom stereocenters. The van der Waals surface area contributed by atoms with E-state index in [0.29, 0.717) is 18.2 Å². The first kappa shape index (κ1) is 20.9. The zero-order chi connectivity index (χ0) is 21.4. The largest absolute Gasteiger partial charge is 0.376 e. The summed E-state index contributed by atoms with van der Waals surface area (Å²) in [6.07, 6.45) is 6.69. The summed E-state index contributed by atoms with van der Waals surface area (Å²) in [6.45, 7) is 4.06. The Balaban J connectivity index is 1.35. The Hall–Kier alpha value is -1.95. The molecule has 0 amide bonds. The van der Waals surface area contributed by atoms with Crippen molar-refractivity contribution in [3.8, 4) is 0 Å². The van der Waals surface area contributed by atoms with Gasteiger partial charge < -0.3 is 9.64 Å². The van der Waals surface area contributed by atoms with E-state index < -0.39 is 0 Å². The highest BCUT2D eigenvalue weighted by atomic mass is 35.5. The monoisotopic (exact) mass is 441 g/mol. The number of ether oxygens (including phenoxy) is 1. The molecule has 0 spiro atoms. The summed E-state index contributed by atoms with van der Waals surface area (Å²) >= 11 is 6.40. The second-order valence-electron chi connectivity index (χ2n) is 9.38. The van der Waals surface area contributed by atoms with Crippen molar-refractivity contribution in [2.75, 3.05) is 26.7 Å². The van der Waals surface area contributed by atoms with Crippen LogP contribution in [0, 0.1) is 11.7 Å². The maximum atomic E-state index is 13.5. The molecule has 0 radical (unpaired) electrons. The minimum absolute atomic E-state index is 0.0940. The lowest BCUT2D eigenvalue weighted by Crippen LogP contribution is -2.43. The SMILES string of the molecule is CN1CCC(COCc2cc(Cl)cc3cn(CC4CC4)nc23)(c2ccc(F)cc2)CC1. The van der Waals surface area contributed by atoms with Crippen LogP contribution in [0.25, 0.3) is 10.9 Å². The Labute approximate surface area is 187 Å². The van der Waals surface area contributed by atoms with Crippen molar-refractivity contribution < 1.29 is 9.13 Å². The van der Waals surface area contributed by atoms with Crippen LogP contribution >= 0.6 is 11.6 Å². The number of likely N-dealkylation sites (tertiary alicyclic amines) is 1. The molecule has 0 N–H and O–H groups in total. The second-order valence-corrected chi connectivity index (χ2v) is 9.82. The van der Waals surface area contributed by atoms with E-state index in [1.807, 2.05) is 24.3 Å². The second kappa shape index (κ2) is 8.53. The van der Waals surface area contributed by atoms with Gasteiger partial charge in [0.15, 0.2) is 0 Å². The fourth-order valence-corrected chi connectivity index (χ4v) is 4.96. The smallest absolute Gasteiger partial charge is 0.123 e. The first-order chi connectivity index (χ1) is 15.0. The highest BCUT2D eigenvalue weighted by Crippen LogP contribution is 2.36. The van der Waals surface area contributed by atoms with Crippen molar-refractivity contribution in [3.63, 3.8) is 0 Å². The van der Waals surface area contributed by atoms with Gasteiger partial charge in [-0.25, -0.2) is 4.39 Å². The van der Waals surface area contributed by atoms with Crippen LogP contribution in [0.4, 0.5) is 4.39 Å². The third kappa shape index (κ3) is 4.64. The fourth-order valence-electron chi connectivity index (χ4n) is 4.71. The Morgan fingerprint density at radius 3 is 2.61 bits per heavy atom. The van der Waals surface area contributed by atoms with Crippen molar-refractivity contribution in [1.29, 1.82) is 0 Å². The Morgan fingerprint density at radius 2 is 1.90 bits per heavy atom. The molecule has 1 aromatic heterocycles.